The van der Waals surface area contributed by atoms with Crippen molar-refractivity contribution in [3.63, 3.8) is 0 Å². The highest BCUT2D eigenvalue weighted by molar-refractivity contribution is 5.46. The average Bonchev–Trinajstić information content (AvgIpc) is 2.33. The lowest BCUT2D eigenvalue weighted by Gasteiger charge is -2.31. The van der Waals surface area contributed by atoms with E-state index < -0.39 is 0 Å². The summed E-state index contributed by atoms with van der Waals surface area (Å²) in [5.74, 6) is 8.15. The maximum Gasteiger partial charge on any atom is 0.145 e. The molecule has 0 aromatic carbocycles. The van der Waals surface area contributed by atoms with Crippen LogP contribution in [0, 0.1) is 5.92 Å². The minimum Gasteiger partial charge on any atom is -0.393 e. The van der Waals surface area contributed by atoms with Gasteiger partial charge in [-0.15, -0.1) is 0 Å². The second kappa shape index (κ2) is 5.97. The zero-order chi connectivity index (χ0) is 13.0. The summed E-state index contributed by atoms with van der Waals surface area (Å²) in [6.07, 6.45) is 3.48. The Bertz CT molecular complexity index is 392. The van der Waals surface area contributed by atoms with Crippen molar-refractivity contribution in [2.45, 2.75) is 38.7 Å². The van der Waals surface area contributed by atoms with Crippen LogP contribution in [0.5, 0.6) is 0 Å². The van der Waals surface area contributed by atoms with Gasteiger partial charge >= 0.3 is 0 Å². The molecule has 1 heterocycles. The van der Waals surface area contributed by atoms with Crippen LogP contribution in [0.4, 0.5) is 11.6 Å². The Morgan fingerprint density at radius 1 is 1.39 bits per heavy atom. The van der Waals surface area contributed by atoms with E-state index in [0.29, 0.717) is 11.7 Å². The van der Waals surface area contributed by atoms with Gasteiger partial charge in [0, 0.05) is 19.0 Å². The Morgan fingerprint density at radius 3 is 2.72 bits per heavy atom. The molecule has 1 aliphatic rings. The first-order chi connectivity index (χ1) is 8.71. The highest BCUT2D eigenvalue weighted by Crippen LogP contribution is 2.27. The predicted octanol–water partition coefficient (Wildman–Crippen LogP) is 0.897. The van der Waals surface area contributed by atoms with Gasteiger partial charge in [-0.05, 0) is 25.2 Å². The number of nitrogens with one attached hydrogen (secondary N) is 2. The van der Waals surface area contributed by atoms with Gasteiger partial charge in [0.2, 0.25) is 0 Å². The average molecular weight is 251 g/mol. The lowest BCUT2D eigenvalue weighted by atomic mass is 9.82. The number of aliphatic hydroxyl groups is 1. The van der Waals surface area contributed by atoms with Gasteiger partial charge in [0.1, 0.15) is 17.5 Å². The van der Waals surface area contributed by atoms with E-state index in [1.165, 1.54) is 0 Å². The van der Waals surface area contributed by atoms with E-state index in [9.17, 15) is 5.11 Å². The second-order valence-corrected chi connectivity index (χ2v) is 4.82. The number of nitrogen functional groups attached to an aromatic ring is 1. The van der Waals surface area contributed by atoms with Crippen molar-refractivity contribution in [3.05, 3.63) is 11.9 Å². The molecule has 5 N–H and O–H groups in total. The SMILES string of the molecule is CCCc1nc(NN)cc(NCC2CC(O)C2)n1. The van der Waals surface area contributed by atoms with Crippen LogP contribution in [0.1, 0.15) is 32.0 Å². The number of aryl methyl sites for hydroxylation is 1. The van der Waals surface area contributed by atoms with Crippen LogP contribution in [-0.2, 0) is 6.42 Å². The highest BCUT2D eigenvalue weighted by Gasteiger charge is 2.26. The van der Waals surface area contributed by atoms with Crippen molar-refractivity contribution in [2.75, 3.05) is 17.3 Å². The largest absolute Gasteiger partial charge is 0.393 e. The standard InChI is InChI=1S/C12H21N5O/c1-2-3-10-15-11(6-12(16-10)17-13)14-7-8-4-9(18)5-8/h6,8-9,18H,2-5,7,13H2,1H3,(H2,14,15,16,17). The van der Waals surface area contributed by atoms with Crippen molar-refractivity contribution in [3.8, 4) is 0 Å². The summed E-state index contributed by atoms with van der Waals surface area (Å²) >= 11 is 0. The van der Waals surface area contributed by atoms with Crippen molar-refractivity contribution < 1.29 is 5.11 Å². The van der Waals surface area contributed by atoms with E-state index in [1.54, 1.807) is 6.07 Å². The molecule has 0 saturated heterocycles. The summed E-state index contributed by atoms with van der Waals surface area (Å²) in [5, 5.41) is 12.5. The van der Waals surface area contributed by atoms with Crippen LogP contribution < -0.4 is 16.6 Å². The van der Waals surface area contributed by atoms with E-state index in [1.807, 2.05) is 0 Å². The van der Waals surface area contributed by atoms with E-state index in [-0.39, 0.29) is 6.10 Å². The molecule has 1 aliphatic carbocycles. The molecule has 1 saturated carbocycles. The lowest BCUT2D eigenvalue weighted by Crippen LogP contribution is -2.33. The van der Waals surface area contributed by atoms with E-state index in [4.69, 9.17) is 5.84 Å². The van der Waals surface area contributed by atoms with Gasteiger partial charge in [-0.3, -0.25) is 0 Å². The van der Waals surface area contributed by atoms with Gasteiger partial charge in [-0.2, -0.15) is 0 Å². The van der Waals surface area contributed by atoms with Gasteiger partial charge in [0.15, 0.2) is 0 Å². The Kier molecular flexibility index (Phi) is 4.33. The third kappa shape index (κ3) is 3.30. The molecule has 0 unspecified atom stereocenters. The fourth-order valence-corrected chi connectivity index (χ4v) is 2.11. The molecule has 0 spiro atoms. The quantitative estimate of drug-likeness (QED) is 0.443. The fraction of sp³-hybridized carbons (Fsp3) is 0.667. The van der Waals surface area contributed by atoms with E-state index >= 15 is 0 Å². The smallest absolute Gasteiger partial charge is 0.145 e. The zero-order valence-electron chi connectivity index (χ0n) is 10.7. The van der Waals surface area contributed by atoms with Crippen molar-refractivity contribution in [1.29, 1.82) is 0 Å². The Labute approximate surface area is 107 Å². The van der Waals surface area contributed by atoms with Crippen molar-refractivity contribution in [2.24, 2.45) is 11.8 Å². The van der Waals surface area contributed by atoms with Crippen LogP contribution in [0.15, 0.2) is 6.07 Å². The van der Waals surface area contributed by atoms with Crippen LogP contribution in [0.2, 0.25) is 0 Å². The molecule has 0 bridgehead atoms. The van der Waals surface area contributed by atoms with Crippen LogP contribution in [-0.4, -0.2) is 27.7 Å². The predicted molar refractivity (Wildman–Crippen MR) is 71.1 cm³/mol. The summed E-state index contributed by atoms with van der Waals surface area (Å²) in [6, 6.07) is 1.80. The van der Waals surface area contributed by atoms with E-state index in [0.717, 1.165) is 43.9 Å². The molecule has 1 fully saturated rings. The molecular weight excluding hydrogens is 230 g/mol. The molecule has 6 nitrogen and oxygen atoms in total. The number of hydrogen-bond acceptors (Lipinski definition) is 6. The molecule has 2 rings (SSSR count). The number of nitrogens with zero attached hydrogens (tertiary/aromatic N) is 2. The number of hydrazine groups is 1. The fourth-order valence-electron chi connectivity index (χ4n) is 2.11. The molecule has 18 heavy (non-hydrogen) atoms. The first-order valence-electron chi connectivity index (χ1n) is 6.47. The van der Waals surface area contributed by atoms with Gasteiger partial charge in [0.25, 0.3) is 0 Å². The molecule has 100 valence electrons. The number of rotatable bonds is 6. The third-order valence-corrected chi connectivity index (χ3v) is 3.18. The van der Waals surface area contributed by atoms with Gasteiger partial charge in [-0.25, -0.2) is 15.8 Å². The molecule has 0 aliphatic heterocycles. The third-order valence-electron chi connectivity index (χ3n) is 3.18. The summed E-state index contributed by atoms with van der Waals surface area (Å²) in [4.78, 5) is 8.73. The Morgan fingerprint density at radius 2 is 2.11 bits per heavy atom. The minimum atomic E-state index is -0.112. The number of hydrogen-bond donors (Lipinski definition) is 4. The summed E-state index contributed by atoms with van der Waals surface area (Å²) < 4.78 is 0. The molecule has 0 radical (unpaired) electrons. The van der Waals surface area contributed by atoms with Crippen molar-refractivity contribution >= 4 is 11.6 Å². The topological polar surface area (TPSA) is 96.1 Å². The lowest BCUT2D eigenvalue weighted by molar-refractivity contribution is 0.0486. The van der Waals surface area contributed by atoms with Crippen LogP contribution in [0.25, 0.3) is 0 Å². The molecule has 1 aromatic rings. The van der Waals surface area contributed by atoms with Gasteiger partial charge in [-0.1, -0.05) is 6.92 Å². The maximum atomic E-state index is 9.23. The first-order valence-corrected chi connectivity index (χ1v) is 6.47. The van der Waals surface area contributed by atoms with Crippen LogP contribution in [0.3, 0.4) is 0 Å². The molecular formula is C12H21N5O. The van der Waals surface area contributed by atoms with E-state index in [2.05, 4.69) is 27.6 Å². The molecule has 6 heteroatoms. The summed E-state index contributed by atoms with van der Waals surface area (Å²) in [6.45, 7) is 2.93. The van der Waals surface area contributed by atoms with Crippen LogP contribution >= 0.6 is 0 Å². The molecule has 0 atom stereocenters. The van der Waals surface area contributed by atoms with Gasteiger partial charge < -0.3 is 15.8 Å². The van der Waals surface area contributed by atoms with Gasteiger partial charge in [0.05, 0.1) is 6.10 Å². The number of aliphatic hydroxyl groups excluding tert-OH is 1. The Balaban J connectivity index is 1.95. The minimum absolute atomic E-state index is 0.112. The number of aromatic nitrogens is 2. The highest BCUT2D eigenvalue weighted by atomic mass is 16.3. The summed E-state index contributed by atoms with van der Waals surface area (Å²) in [7, 11) is 0. The van der Waals surface area contributed by atoms with Crippen molar-refractivity contribution in [1.82, 2.24) is 9.97 Å². The zero-order valence-corrected chi connectivity index (χ0v) is 10.7. The maximum absolute atomic E-state index is 9.23. The molecule has 1 aromatic heterocycles. The first kappa shape index (κ1) is 13.0. The Hall–Kier alpha value is -1.40. The summed E-state index contributed by atoms with van der Waals surface area (Å²) in [5.41, 5.74) is 2.56. The normalized spacial score (nSPS) is 22.4. The second-order valence-electron chi connectivity index (χ2n) is 4.82. The molecule has 0 amide bonds. The number of anilines is 2. The monoisotopic (exact) mass is 251 g/mol. The number of nitrogens with two attached hydrogens (primary N) is 1.